The average molecular weight is 314 g/mol. The van der Waals surface area contributed by atoms with Crippen LogP contribution in [0.4, 0.5) is 13.2 Å². The topological polar surface area (TPSA) is 30.2 Å². The van der Waals surface area contributed by atoms with Crippen LogP contribution in [0, 0.1) is 0 Å². The van der Waals surface area contributed by atoms with E-state index in [4.69, 9.17) is 11.6 Å². The third-order valence-electron chi connectivity index (χ3n) is 2.63. The number of pyridine rings is 2. The maximum absolute atomic E-state index is 12.5. The monoisotopic (exact) mass is 313 g/mol. The summed E-state index contributed by atoms with van der Waals surface area (Å²) in [7, 11) is 0. The van der Waals surface area contributed by atoms with E-state index in [2.05, 4.69) is 16.6 Å². The summed E-state index contributed by atoms with van der Waals surface area (Å²) < 4.78 is 39.1. The molecule has 0 aromatic carbocycles. The lowest BCUT2D eigenvalue weighted by Crippen LogP contribution is -2.22. The van der Waals surface area contributed by atoms with E-state index in [1.165, 1.54) is 6.07 Å². The molecule has 3 nitrogen and oxygen atoms in total. The number of hydrogen-bond acceptors (Lipinski definition) is 2. The van der Waals surface area contributed by atoms with Crippen molar-refractivity contribution in [1.29, 1.82) is 0 Å². The van der Waals surface area contributed by atoms with E-state index in [1.54, 1.807) is 41.2 Å². The number of allylic oxidation sites excluding steroid dienone is 1. The predicted octanol–water partition coefficient (Wildman–Crippen LogP) is 3.56. The third kappa shape index (κ3) is 4.19. The van der Waals surface area contributed by atoms with E-state index in [0.29, 0.717) is 11.7 Å². The molecule has 2 rings (SSSR count). The summed E-state index contributed by atoms with van der Waals surface area (Å²) in [5.41, 5.74) is -0.184. The van der Waals surface area contributed by atoms with E-state index < -0.39 is 11.9 Å². The molecule has 0 aliphatic rings. The lowest BCUT2D eigenvalue weighted by molar-refractivity contribution is -0.0923. The molecular weight excluding hydrogens is 303 g/mol. The van der Waals surface area contributed by atoms with Crippen molar-refractivity contribution in [1.82, 2.24) is 9.55 Å². The fraction of sp³-hybridized carbons (Fsp3) is 0.143. The Bertz CT molecular complexity index is 702. The second-order valence-corrected chi connectivity index (χ2v) is 4.62. The first-order valence-electron chi connectivity index (χ1n) is 5.93. The van der Waals surface area contributed by atoms with Gasteiger partial charge in [0.25, 0.3) is 0 Å². The maximum Gasteiger partial charge on any atom is 0.432 e. The molecule has 0 radical (unpaired) electrons. The van der Waals surface area contributed by atoms with Gasteiger partial charge in [0.1, 0.15) is 16.3 Å². The van der Waals surface area contributed by atoms with E-state index in [1.807, 2.05) is 0 Å². The van der Waals surface area contributed by atoms with Crippen molar-refractivity contribution in [3.63, 3.8) is 0 Å². The molecule has 0 fully saturated rings. The Hall–Kier alpha value is -2.08. The Balaban J connectivity index is 2.35. The fourth-order valence-corrected chi connectivity index (χ4v) is 1.71. The Morgan fingerprint density at radius 1 is 1.29 bits per heavy atom. The second-order valence-electron chi connectivity index (χ2n) is 4.23. The summed E-state index contributed by atoms with van der Waals surface area (Å²) in [6.07, 6.45) is -1.35. The van der Waals surface area contributed by atoms with Crippen LogP contribution in [0.1, 0.15) is 5.56 Å². The maximum atomic E-state index is 12.5. The van der Waals surface area contributed by atoms with Crippen LogP contribution in [0.2, 0.25) is 5.15 Å². The molecule has 0 saturated carbocycles. The summed E-state index contributed by atoms with van der Waals surface area (Å²) in [5, 5.41) is 0.354. The zero-order chi connectivity index (χ0) is 15.5. The average Bonchev–Trinajstić information content (AvgIpc) is 2.42. The van der Waals surface area contributed by atoms with Crippen LogP contribution in [0.5, 0.6) is 0 Å². The Kier molecular flexibility index (Phi) is 4.47. The van der Waals surface area contributed by atoms with Crippen LogP contribution in [0.15, 0.2) is 60.0 Å². The van der Waals surface area contributed by atoms with Gasteiger partial charge in [-0.2, -0.15) is 13.2 Å². The highest BCUT2D eigenvalue weighted by Crippen LogP contribution is 2.24. The number of rotatable bonds is 3. The summed E-state index contributed by atoms with van der Waals surface area (Å²) in [4.78, 5) is 7.47. The van der Waals surface area contributed by atoms with E-state index in [9.17, 15) is 13.2 Å². The Morgan fingerprint density at radius 3 is 2.67 bits per heavy atom. The molecule has 21 heavy (non-hydrogen) atoms. The molecule has 110 valence electrons. The van der Waals surface area contributed by atoms with Crippen LogP contribution in [0.3, 0.4) is 0 Å². The van der Waals surface area contributed by atoms with Crippen LogP contribution < -0.4 is 5.49 Å². The van der Waals surface area contributed by atoms with Crippen molar-refractivity contribution in [3.05, 3.63) is 71.2 Å². The molecule has 0 aliphatic heterocycles. The molecule has 2 heterocycles. The van der Waals surface area contributed by atoms with Gasteiger partial charge in [0.2, 0.25) is 0 Å². The lowest BCUT2D eigenvalue weighted by Gasteiger charge is -2.09. The van der Waals surface area contributed by atoms with Crippen LogP contribution >= 0.6 is 11.6 Å². The van der Waals surface area contributed by atoms with Gasteiger partial charge in [-0.25, -0.2) is 9.98 Å². The summed E-state index contributed by atoms with van der Waals surface area (Å²) in [6.45, 7) is 3.27. The minimum atomic E-state index is -4.55. The van der Waals surface area contributed by atoms with E-state index >= 15 is 0 Å². The van der Waals surface area contributed by atoms with E-state index in [0.717, 1.165) is 5.56 Å². The molecule has 0 saturated heterocycles. The molecule has 0 spiro atoms. The number of halogens is 4. The van der Waals surface area contributed by atoms with Gasteiger partial charge >= 0.3 is 6.18 Å². The fourth-order valence-electron chi connectivity index (χ4n) is 1.60. The smallest absolute Gasteiger partial charge is 0.329 e. The number of hydrogen-bond donors (Lipinski definition) is 0. The Morgan fingerprint density at radius 2 is 2.05 bits per heavy atom. The SMILES string of the molecule is C=C(/N=c1\ccccn1Cc1ccc(Cl)nc1)C(F)(F)F. The number of alkyl halides is 3. The molecular formula is C14H11ClF3N3. The van der Waals surface area contributed by atoms with Gasteiger partial charge < -0.3 is 4.57 Å². The van der Waals surface area contributed by atoms with Gasteiger partial charge in [-0.1, -0.05) is 30.3 Å². The molecule has 7 heteroatoms. The highest BCUT2D eigenvalue weighted by Gasteiger charge is 2.31. The van der Waals surface area contributed by atoms with Crippen molar-refractivity contribution < 1.29 is 13.2 Å². The highest BCUT2D eigenvalue weighted by molar-refractivity contribution is 6.29. The predicted molar refractivity (Wildman–Crippen MR) is 73.5 cm³/mol. The standard InChI is InChI=1S/C14H11ClF3N3/c1-10(14(16,17)18)20-13-4-2-3-7-21(13)9-11-5-6-12(15)19-8-11/h2-8H,1,9H2/b20-13+. The largest absolute Gasteiger partial charge is 0.432 e. The minimum absolute atomic E-state index is 0.162. The van der Waals surface area contributed by atoms with Crippen molar-refractivity contribution in [2.24, 2.45) is 4.99 Å². The molecule has 0 amide bonds. The molecule has 0 aliphatic carbocycles. The Labute approximate surface area is 124 Å². The van der Waals surface area contributed by atoms with Gasteiger partial charge in [0, 0.05) is 12.4 Å². The first kappa shape index (κ1) is 15.3. The first-order chi connectivity index (χ1) is 9.86. The number of nitrogens with zero attached hydrogens (tertiary/aromatic N) is 3. The van der Waals surface area contributed by atoms with Gasteiger partial charge in [0.05, 0.1) is 6.54 Å². The minimum Gasteiger partial charge on any atom is -0.329 e. The van der Waals surface area contributed by atoms with Crippen molar-refractivity contribution in [3.8, 4) is 0 Å². The summed E-state index contributed by atoms with van der Waals surface area (Å²) in [5.74, 6) is 0. The van der Waals surface area contributed by atoms with Crippen molar-refractivity contribution in [2.75, 3.05) is 0 Å². The molecule has 2 aromatic heterocycles. The van der Waals surface area contributed by atoms with Gasteiger partial charge in [0.15, 0.2) is 0 Å². The zero-order valence-corrected chi connectivity index (χ0v) is 11.6. The van der Waals surface area contributed by atoms with Crippen LogP contribution in [0.25, 0.3) is 0 Å². The summed E-state index contributed by atoms with van der Waals surface area (Å²) >= 11 is 5.69. The van der Waals surface area contributed by atoms with Crippen molar-refractivity contribution >= 4 is 11.6 Å². The van der Waals surface area contributed by atoms with E-state index in [-0.39, 0.29) is 5.49 Å². The second kappa shape index (κ2) is 6.13. The first-order valence-corrected chi connectivity index (χ1v) is 6.31. The molecule has 2 aromatic rings. The van der Waals surface area contributed by atoms with Gasteiger partial charge in [-0.15, -0.1) is 0 Å². The molecule has 0 atom stereocenters. The van der Waals surface area contributed by atoms with Gasteiger partial charge in [-0.05, 0) is 23.8 Å². The molecule has 0 N–H and O–H groups in total. The van der Waals surface area contributed by atoms with Gasteiger partial charge in [-0.3, -0.25) is 0 Å². The lowest BCUT2D eigenvalue weighted by atomic mass is 10.3. The third-order valence-corrected chi connectivity index (χ3v) is 2.86. The summed E-state index contributed by atoms with van der Waals surface area (Å²) in [6, 6.07) is 8.17. The van der Waals surface area contributed by atoms with Crippen LogP contribution in [-0.4, -0.2) is 15.7 Å². The molecule has 0 bridgehead atoms. The van der Waals surface area contributed by atoms with Crippen LogP contribution in [-0.2, 0) is 6.54 Å². The number of aromatic nitrogens is 2. The molecule has 0 unspecified atom stereocenters. The van der Waals surface area contributed by atoms with Crippen molar-refractivity contribution in [2.45, 2.75) is 12.7 Å². The quantitative estimate of drug-likeness (QED) is 0.797. The highest BCUT2D eigenvalue weighted by atomic mass is 35.5. The normalized spacial score (nSPS) is 12.5. The zero-order valence-electron chi connectivity index (χ0n) is 10.8.